The number of halogens is 5. The SMILES string of the molecule is Cc1ccc2c(c1)C(CC(F)(F)C(F)(F)F)C[N+]([O-])([O-])S2. The molecule has 3 nitrogen and oxygen atoms in total. The van der Waals surface area contributed by atoms with Gasteiger partial charge in [0.15, 0.2) is 0 Å². The molecular weight excluding hydrogens is 317 g/mol. The summed E-state index contributed by atoms with van der Waals surface area (Å²) >= 11 is 0.360. The molecule has 0 N–H and O–H groups in total. The van der Waals surface area contributed by atoms with Crippen LogP contribution in [0.1, 0.15) is 23.5 Å². The number of quaternary nitrogens is 1. The van der Waals surface area contributed by atoms with Crippen molar-refractivity contribution in [1.82, 2.24) is 0 Å². The number of hydrogen-bond acceptors (Lipinski definition) is 3. The van der Waals surface area contributed by atoms with E-state index in [0.717, 1.165) is 0 Å². The highest BCUT2D eigenvalue weighted by molar-refractivity contribution is 7.94. The average molecular weight is 328 g/mol. The lowest BCUT2D eigenvalue weighted by atomic mass is 9.91. The van der Waals surface area contributed by atoms with Gasteiger partial charge >= 0.3 is 12.1 Å². The normalized spacial score (nSPS) is 22.0. The summed E-state index contributed by atoms with van der Waals surface area (Å²) in [5.74, 6) is -6.38. The van der Waals surface area contributed by atoms with E-state index in [-0.39, 0.29) is 10.5 Å². The second kappa shape index (κ2) is 5.08. The molecule has 1 aromatic rings. The summed E-state index contributed by atoms with van der Waals surface area (Å²) in [5, 5.41) is 23.1. The molecule has 21 heavy (non-hydrogen) atoms. The van der Waals surface area contributed by atoms with Gasteiger partial charge < -0.3 is 14.6 Å². The van der Waals surface area contributed by atoms with Crippen LogP contribution in [0.25, 0.3) is 0 Å². The van der Waals surface area contributed by atoms with Gasteiger partial charge in [-0.1, -0.05) is 17.7 Å². The molecule has 0 aliphatic carbocycles. The smallest absolute Gasteiger partial charge is 0.453 e. The molecule has 0 saturated heterocycles. The van der Waals surface area contributed by atoms with Gasteiger partial charge in [0, 0.05) is 12.3 Å². The quantitative estimate of drug-likeness (QED) is 0.347. The fourth-order valence-corrected chi connectivity index (χ4v) is 3.24. The van der Waals surface area contributed by atoms with E-state index in [1.54, 1.807) is 13.0 Å². The molecule has 118 valence electrons. The number of rotatable bonds is 2. The van der Waals surface area contributed by atoms with Crippen LogP contribution in [0.2, 0.25) is 0 Å². The van der Waals surface area contributed by atoms with Crippen LogP contribution in [0.15, 0.2) is 23.1 Å². The van der Waals surface area contributed by atoms with Crippen LogP contribution in [-0.2, 0) is 0 Å². The Labute approximate surface area is 121 Å². The van der Waals surface area contributed by atoms with Crippen molar-refractivity contribution in [2.75, 3.05) is 6.54 Å². The maximum Gasteiger partial charge on any atom is 0.453 e. The third kappa shape index (κ3) is 3.47. The van der Waals surface area contributed by atoms with Gasteiger partial charge in [-0.25, -0.2) is 0 Å². The van der Waals surface area contributed by atoms with Gasteiger partial charge in [0.2, 0.25) is 0 Å². The van der Waals surface area contributed by atoms with E-state index >= 15 is 0 Å². The number of hydroxylamine groups is 2. The third-order valence-electron chi connectivity index (χ3n) is 3.20. The van der Waals surface area contributed by atoms with Crippen molar-refractivity contribution in [2.45, 2.75) is 36.3 Å². The lowest BCUT2D eigenvalue weighted by Crippen LogP contribution is -2.42. The Morgan fingerprint density at radius 3 is 2.43 bits per heavy atom. The van der Waals surface area contributed by atoms with Crippen molar-refractivity contribution in [1.29, 1.82) is 0 Å². The molecule has 1 atom stereocenters. The Morgan fingerprint density at radius 2 is 1.86 bits per heavy atom. The highest BCUT2D eigenvalue weighted by Crippen LogP contribution is 2.49. The Kier molecular flexibility index (Phi) is 3.98. The highest BCUT2D eigenvalue weighted by Gasteiger charge is 2.58. The lowest BCUT2D eigenvalue weighted by Gasteiger charge is -2.49. The predicted octanol–water partition coefficient (Wildman–Crippen LogP) is 4.50. The van der Waals surface area contributed by atoms with Crippen LogP contribution >= 0.6 is 11.9 Å². The molecule has 1 heterocycles. The maximum atomic E-state index is 13.2. The molecule has 1 aliphatic rings. The molecule has 0 bridgehead atoms. The topological polar surface area (TPSA) is 46.1 Å². The van der Waals surface area contributed by atoms with Crippen molar-refractivity contribution >= 4 is 11.9 Å². The van der Waals surface area contributed by atoms with E-state index in [0.29, 0.717) is 17.5 Å². The molecule has 1 aliphatic heterocycles. The molecule has 2 rings (SSSR count). The van der Waals surface area contributed by atoms with E-state index in [9.17, 15) is 32.4 Å². The van der Waals surface area contributed by atoms with Gasteiger partial charge in [-0.05, 0) is 18.6 Å². The van der Waals surface area contributed by atoms with Crippen LogP contribution in [-0.4, -0.2) is 22.9 Å². The summed E-state index contributed by atoms with van der Waals surface area (Å²) in [6, 6.07) is 4.41. The Morgan fingerprint density at radius 1 is 1.24 bits per heavy atom. The number of nitrogens with zero attached hydrogens (tertiary/aromatic N) is 1. The molecule has 1 unspecified atom stereocenters. The van der Waals surface area contributed by atoms with Crippen LogP contribution in [0, 0.1) is 17.3 Å². The van der Waals surface area contributed by atoms with E-state index in [1.165, 1.54) is 12.1 Å². The summed E-state index contributed by atoms with van der Waals surface area (Å²) in [4.78, 5) is 0.153. The molecule has 0 amide bonds. The minimum Gasteiger partial charge on any atom is -0.619 e. The van der Waals surface area contributed by atoms with Crippen molar-refractivity contribution < 1.29 is 26.2 Å². The average Bonchev–Trinajstić information content (AvgIpc) is 2.27. The second-order valence-electron chi connectivity index (χ2n) is 5.03. The Balaban J connectivity index is 2.38. The van der Waals surface area contributed by atoms with E-state index in [4.69, 9.17) is 0 Å². The summed E-state index contributed by atoms with van der Waals surface area (Å²) in [6.07, 6.45) is -7.30. The molecule has 0 fully saturated rings. The van der Waals surface area contributed by atoms with Crippen molar-refractivity contribution in [3.8, 4) is 0 Å². The largest absolute Gasteiger partial charge is 0.619 e. The number of benzene rings is 1. The van der Waals surface area contributed by atoms with E-state index in [2.05, 4.69) is 0 Å². The summed E-state index contributed by atoms with van der Waals surface area (Å²) in [5.41, 5.74) is 0.857. The zero-order valence-corrected chi connectivity index (χ0v) is 11.6. The number of aryl methyl sites for hydroxylation is 1. The van der Waals surface area contributed by atoms with Crippen LogP contribution < -0.4 is 0 Å². The van der Waals surface area contributed by atoms with Crippen molar-refractivity contribution in [3.63, 3.8) is 0 Å². The van der Waals surface area contributed by atoms with Crippen LogP contribution in [0.3, 0.4) is 0 Å². The monoisotopic (exact) mass is 328 g/mol. The van der Waals surface area contributed by atoms with Gasteiger partial charge in [-0.3, -0.25) is 0 Å². The molecule has 0 spiro atoms. The standard InChI is InChI=1S/C12H11F5NO2S/c1-7-2-3-10-9(4-7)8(6-18(19,20)21-10)5-11(13,14)12(15,16)17/h2-4,8H,5-6H2,1H3/q-1. The molecule has 0 saturated carbocycles. The summed E-state index contributed by atoms with van der Waals surface area (Å²) < 4.78 is 61.2. The first kappa shape index (κ1) is 16.5. The first-order chi connectivity index (χ1) is 9.41. The maximum absolute atomic E-state index is 13.2. The first-order valence-corrected chi connectivity index (χ1v) is 6.73. The lowest BCUT2D eigenvalue weighted by molar-refractivity contribution is -0.687. The second-order valence-corrected chi connectivity index (χ2v) is 6.21. The predicted molar refractivity (Wildman–Crippen MR) is 67.3 cm³/mol. The minimum atomic E-state index is -5.71. The Bertz CT molecular complexity index is 547. The van der Waals surface area contributed by atoms with Gasteiger partial charge in [0.05, 0.1) is 11.4 Å². The fraction of sp³-hybridized carbons (Fsp3) is 0.500. The van der Waals surface area contributed by atoms with Gasteiger partial charge in [-0.2, -0.15) is 22.0 Å². The van der Waals surface area contributed by atoms with Crippen molar-refractivity contribution in [2.24, 2.45) is 0 Å². The third-order valence-corrected chi connectivity index (χ3v) is 4.20. The summed E-state index contributed by atoms with van der Waals surface area (Å²) in [6.45, 7) is 0.780. The molecule has 1 aromatic carbocycles. The number of hydrogen-bond donors (Lipinski definition) is 0. The zero-order valence-electron chi connectivity index (χ0n) is 10.8. The van der Waals surface area contributed by atoms with Gasteiger partial charge in [0.25, 0.3) is 0 Å². The Hall–Kier alpha value is -0.900. The number of fused-ring (bicyclic) bond motifs is 1. The zero-order chi connectivity index (χ0) is 16.1. The minimum absolute atomic E-state index is 0.153. The fourth-order valence-electron chi connectivity index (χ4n) is 2.23. The van der Waals surface area contributed by atoms with Gasteiger partial charge in [0.1, 0.15) is 11.9 Å². The van der Waals surface area contributed by atoms with Crippen molar-refractivity contribution in [3.05, 3.63) is 39.7 Å². The molecule has 9 heteroatoms. The molecule has 0 radical (unpaired) electrons. The molecular formula is C12H11F5NO2S-. The molecule has 0 aromatic heterocycles. The highest BCUT2D eigenvalue weighted by atomic mass is 32.2. The van der Waals surface area contributed by atoms with Crippen LogP contribution in [0.5, 0.6) is 0 Å². The van der Waals surface area contributed by atoms with E-state index in [1.807, 2.05) is 0 Å². The first-order valence-electron chi connectivity index (χ1n) is 5.96. The number of alkyl halides is 5. The van der Waals surface area contributed by atoms with Gasteiger partial charge in [-0.15, -0.1) is 0 Å². The van der Waals surface area contributed by atoms with Crippen LogP contribution in [0.4, 0.5) is 22.0 Å². The van der Waals surface area contributed by atoms with E-state index < -0.39 is 35.2 Å². The summed E-state index contributed by atoms with van der Waals surface area (Å²) in [7, 11) is 0.